The maximum Gasteiger partial charge on any atom is 0.258 e. The highest BCUT2D eigenvalue weighted by Crippen LogP contribution is 2.19. The fourth-order valence-electron chi connectivity index (χ4n) is 2.30. The van der Waals surface area contributed by atoms with Gasteiger partial charge in [0.25, 0.3) is 5.56 Å². The van der Waals surface area contributed by atoms with E-state index in [0.717, 1.165) is 11.3 Å². The lowest BCUT2D eigenvalue weighted by Crippen LogP contribution is -2.15. The number of tetrazole rings is 1. The molecule has 0 bridgehead atoms. The maximum atomic E-state index is 12.0. The minimum absolute atomic E-state index is 0.121. The van der Waals surface area contributed by atoms with Gasteiger partial charge in [-0.2, -0.15) is 4.80 Å². The van der Waals surface area contributed by atoms with Crippen LogP contribution in [0, 0.1) is 0 Å². The van der Waals surface area contributed by atoms with Gasteiger partial charge in [0.2, 0.25) is 5.82 Å². The fourth-order valence-corrected chi connectivity index (χ4v) is 3.04. The van der Waals surface area contributed by atoms with E-state index >= 15 is 0 Å². The molecule has 0 aliphatic carbocycles. The topological polar surface area (TPSA) is 87.2 Å². The van der Waals surface area contributed by atoms with Crippen molar-refractivity contribution in [1.82, 2.24) is 29.6 Å². The van der Waals surface area contributed by atoms with Crippen molar-refractivity contribution in [1.29, 1.82) is 0 Å². The summed E-state index contributed by atoms with van der Waals surface area (Å²) >= 11 is 1.40. The van der Waals surface area contributed by atoms with E-state index < -0.39 is 0 Å². The number of benzene rings is 1. The summed E-state index contributed by atoms with van der Waals surface area (Å²) in [6, 6.07) is 8.91. The van der Waals surface area contributed by atoms with Crippen LogP contribution < -0.4 is 10.3 Å². The van der Waals surface area contributed by atoms with Crippen LogP contribution in [-0.4, -0.2) is 36.7 Å². The molecule has 0 saturated heterocycles. The molecule has 3 heterocycles. The molecule has 0 amide bonds. The van der Waals surface area contributed by atoms with Crippen LogP contribution in [0.1, 0.15) is 5.69 Å². The molecule has 24 heavy (non-hydrogen) atoms. The first-order valence-electron chi connectivity index (χ1n) is 7.11. The molecule has 0 fully saturated rings. The molecular weight excluding hydrogens is 328 g/mol. The lowest BCUT2D eigenvalue weighted by atomic mass is 10.2. The smallest absolute Gasteiger partial charge is 0.258 e. The number of hydrogen-bond acceptors (Lipinski definition) is 7. The van der Waals surface area contributed by atoms with Crippen LogP contribution in [0.3, 0.4) is 0 Å². The SMILES string of the molecule is COc1cccc(-c2nnn(Cc3cc(=O)n4ccsc4n3)n2)c1. The molecule has 0 N–H and O–H groups in total. The Balaban J connectivity index is 1.63. The standard InChI is InChI=1S/C15H12N6O2S/c1-23-12-4-2-3-10(7-12)14-17-19-21(18-14)9-11-8-13(22)20-5-6-24-15(20)16-11/h2-8H,9H2,1H3. The van der Waals surface area contributed by atoms with Crippen LogP contribution in [0.5, 0.6) is 5.75 Å². The van der Waals surface area contributed by atoms with Gasteiger partial charge in [0, 0.05) is 23.2 Å². The van der Waals surface area contributed by atoms with Gasteiger partial charge in [0.15, 0.2) is 4.96 Å². The summed E-state index contributed by atoms with van der Waals surface area (Å²) in [5.74, 6) is 1.21. The zero-order valence-corrected chi connectivity index (χ0v) is 13.5. The minimum atomic E-state index is -0.121. The molecule has 1 aromatic carbocycles. The van der Waals surface area contributed by atoms with E-state index in [1.807, 2.05) is 29.6 Å². The second-order valence-electron chi connectivity index (χ2n) is 5.02. The van der Waals surface area contributed by atoms with Crippen molar-refractivity contribution in [2.75, 3.05) is 7.11 Å². The van der Waals surface area contributed by atoms with Crippen molar-refractivity contribution in [3.05, 3.63) is 58.0 Å². The van der Waals surface area contributed by atoms with Gasteiger partial charge in [-0.15, -0.1) is 21.5 Å². The molecule has 8 nitrogen and oxygen atoms in total. The molecular formula is C15H12N6O2S. The lowest BCUT2D eigenvalue weighted by molar-refractivity contribution is 0.415. The number of fused-ring (bicyclic) bond motifs is 1. The Hall–Kier alpha value is -3.07. The van der Waals surface area contributed by atoms with Gasteiger partial charge in [0.1, 0.15) is 12.3 Å². The summed E-state index contributed by atoms with van der Waals surface area (Å²) in [5, 5.41) is 14.2. The van der Waals surface area contributed by atoms with Gasteiger partial charge >= 0.3 is 0 Å². The van der Waals surface area contributed by atoms with E-state index in [4.69, 9.17) is 4.74 Å². The summed E-state index contributed by atoms with van der Waals surface area (Å²) in [7, 11) is 1.61. The van der Waals surface area contributed by atoms with Gasteiger partial charge in [0.05, 0.1) is 12.8 Å². The van der Waals surface area contributed by atoms with Crippen molar-refractivity contribution in [3.8, 4) is 17.1 Å². The maximum absolute atomic E-state index is 12.0. The van der Waals surface area contributed by atoms with E-state index in [1.165, 1.54) is 26.6 Å². The highest BCUT2D eigenvalue weighted by molar-refractivity contribution is 7.15. The number of hydrogen-bond donors (Lipinski definition) is 0. The Morgan fingerprint density at radius 1 is 1.29 bits per heavy atom. The predicted octanol–water partition coefficient (Wildman–Crippen LogP) is 1.47. The molecule has 120 valence electrons. The first kappa shape index (κ1) is 14.5. The normalized spacial score (nSPS) is 11.0. The van der Waals surface area contributed by atoms with Gasteiger partial charge in [-0.1, -0.05) is 12.1 Å². The van der Waals surface area contributed by atoms with Crippen molar-refractivity contribution in [3.63, 3.8) is 0 Å². The van der Waals surface area contributed by atoms with Crippen LogP contribution in [-0.2, 0) is 6.54 Å². The molecule has 0 atom stereocenters. The Morgan fingerprint density at radius 2 is 2.21 bits per heavy atom. The monoisotopic (exact) mass is 340 g/mol. The average Bonchev–Trinajstić information content (AvgIpc) is 3.24. The summed E-state index contributed by atoms with van der Waals surface area (Å²) in [4.78, 5) is 18.5. The third-order valence-corrected chi connectivity index (χ3v) is 4.20. The predicted molar refractivity (Wildman–Crippen MR) is 88.2 cm³/mol. The number of ether oxygens (including phenoxy) is 1. The van der Waals surface area contributed by atoms with Gasteiger partial charge in [-0.25, -0.2) is 4.98 Å². The van der Waals surface area contributed by atoms with E-state index in [1.54, 1.807) is 13.3 Å². The molecule has 0 aliphatic rings. The molecule has 0 radical (unpaired) electrons. The van der Waals surface area contributed by atoms with E-state index in [2.05, 4.69) is 20.4 Å². The summed E-state index contributed by atoms with van der Waals surface area (Å²) in [6.45, 7) is 0.278. The van der Waals surface area contributed by atoms with E-state index in [0.29, 0.717) is 16.5 Å². The van der Waals surface area contributed by atoms with Crippen LogP contribution in [0.2, 0.25) is 0 Å². The van der Waals surface area contributed by atoms with Crippen molar-refractivity contribution in [2.45, 2.75) is 6.54 Å². The Morgan fingerprint density at radius 3 is 3.08 bits per heavy atom. The van der Waals surface area contributed by atoms with Crippen molar-refractivity contribution < 1.29 is 4.74 Å². The highest BCUT2D eigenvalue weighted by Gasteiger charge is 2.09. The summed E-state index contributed by atoms with van der Waals surface area (Å²) in [6.07, 6.45) is 1.70. The second kappa shape index (κ2) is 5.85. The van der Waals surface area contributed by atoms with Gasteiger partial charge < -0.3 is 4.74 Å². The number of methoxy groups -OCH3 is 1. The molecule has 0 saturated carbocycles. The second-order valence-corrected chi connectivity index (χ2v) is 5.89. The molecule has 0 spiro atoms. The summed E-state index contributed by atoms with van der Waals surface area (Å²) in [5.41, 5.74) is 1.28. The number of rotatable bonds is 4. The summed E-state index contributed by atoms with van der Waals surface area (Å²) < 4.78 is 6.70. The first-order chi connectivity index (χ1) is 11.7. The first-order valence-corrected chi connectivity index (χ1v) is 7.99. The van der Waals surface area contributed by atoms with E-state index in [-0.39, 0.29) is 12.1 Å². The fraction of sp³-hybridized carbons (Fsp3) is 0.133. The quantitative estimate of drug-likeness (QED) is 0.559. The molecule has 0 unspecified atom stereocenters. The van der Waals surface area contributed by atoms with Crippen molar-refractivity contribution >= 4 is 16.3 Å². The third-order valence-electron chi connectivity index (χ3n) is 3.44. The molecule has 4 aromatic rings. The van der Waals surface area contributed by atoms with Gasteiger partial charge in [-0.05, 0) is 17.3 Å². The van der Waals surface area contributed by atoms with Crippen molar-refractivity contribution in [2.24, 2.45) is 0 Å². The Kier molecular flexibility index (Phi) is 3.54. The molecule has 3 aromatic heterocycles. The average molecular weight is 340 g/mol. The van der Waals surface area contributed by atoms with Crippen LogP contribution >= 0.6 is 11.3 Å². The van der Waals surface area contributed by atoms with E-state index in [9.17, 15) is 4.79 Å². The Bertz CT molecular complexity index is 1070. The zero-order valence-electron chi connectivity index (χ0n) is 12.7. The molecule has 9 heteroatoms. The number of thiazole rings is 1. The molecule has 4 rings (SSSR count). The zero-order chi connectivity index (χ0) is 16.5. The highest BCUT2D eigenvalue weighted by atomic mass is 32.1. The lowest BCUT2D eigenvalue weighted by Gasteiger charge is -2.00. The van der Waals surface area contributed by atoms with Gasteiger partial charge in [-0.3, -0.25) is 9.20 Å². The van der Waals surface area contributed by atoms with Crippen LogP contribution in [0.25, 0.3) is 16.3 Å². The third kappa shape index (κ3) is 2.65. The van der Waals surface area contributed by atoms with Crippen LogP contribution in [0.15, 0.2) is 46.7 Å². The Labute approximate surface area is 140 Å². The number of aromatic nitrogens is 6. The molecule has 0 aliphatic heterocycles. The number of nitrogens with zero attached hydrogens (tertiary/aromatic N) is 6. The van der Waals surface area contributed by atoms with Crippen LogP contribution in [0.4, 0.5) is 0 Å². The minimum Gasteiger partial charge on any atom is -0.497 e. The largest absolute Gasteiger partial charge is 0.497 e.